The largest absolute Gasteiger partial charge is 0.293 e. The van der Waals surface area contributed by atoms with Crippen molar-refractivity contribution in [1.29, 1.82) is 0 Å². The van der Waals surface area contributed by atoms with Crippen LogP contribution in [-0.4, -0.2) is 5.78 Å². The minimum absolute atomic E-state index is 0.294. The van der Waals surface area contributed by atoms with Crippen LogP contribution in [0.2, 0.25) is 0 Å². The lowest BCUT2D eigenvalue weighted by Gasteiger charge is -2.42. The van der Waals surface area contributed by atoms with Crippen LogP contribution >= 0.6 is 11.8 Å². The number of carbonyl (C=O) groups is 1. The van der Waals surface area contributed by atoms with E-state index >= 15 is 0 Å². The molecule has 1 aromatic carbocycles. The summed E-state index contributed by atoms with van der Waals surface area (Å²) in [6.45, 7) is 4.30. The van der Waals surface area contributed by atoms with Gasteiger partial charge in [-0.3, -0.25) is 4.79 Å². The molecule has 1 aliphatic carbocycles. The number of benzene rings is 1. The van der Waals surface area contributed by atoms with Crippen LogP contribution in [0.15, 0.2) is 52.3 Å². The lowest BCUT2D eigenvalue weighted by Crippen LogP contribution is -2.40. The van der Waals surface area contributed by atoms with Gasteiger partial charge in [0.2, 0.25) is 0 Å². The number of ketones is 1. The highest BCUT2D eigenvalue weighted by molar-refractivity contribution is 8.03. The van der Waals surface area contributed by atoms with Gasteiger partial charge in [-0.25, -0.2) is 0 Å². The summed E-state index contributed by atoms with van der Waals surface area (Å²) in [5, 5.41) is 0. The first-order chi connectivity index (χ1) is 8.66. The molecule has 1 nitrogen and oxygen atoms in total. The number of hydrogen-bond acceptors (Lipinski definition) is 2. The second-order valence-corrected chi connectivity index (χ2v) is 6.30. The molecule has 0 saturated carbocycles. The molecule has 0 spiro atoms. The van der Waals surface area contributed by atoms with E-state index in [1.807, 2.05) is 24.3 Å². The summed E-state index contributed by atoms with van der Waals surface area (Å²) in [6.07, 6.45) is 7.14. The number of carbonyl (C=O) groups excluding carboxylic acids is 1. The van der Waals surface area contributed by atoms with Crippen LogP contribution in [0.5, 0.6) is 0 Å². The van der Waals surface area contributed by atoms with Gasteiger partial charge in [0.1, 0.15) is 0 Å². The molecule has 0 aromatic heterocycles. The predicted molar refractivity (Wildman–Crippen MR) is 75.7 cm³/mol. The Morgan fingerprint density at radius 1 is 1.28 bits per heavy atom. The number of allylic oxidation sites excluding steroid dienone is 4. The van der Waals surface area contributed by atoms with Crippen LogP contribution in [0.3, 0.4) is 0 Å². The molecule has 1 heterocycles. The van der Waals surface area contributed by atoms with Crippen molar-refractivity contribution in [3.8, 4) is 0 Å². The molecule has 1 aromatic rings. The van der Waals surface area contributed by atoms with Crippen LogP contribution in [0.4, 0.5) is 0 Å². The lowest BCUT2D eigenvalue weighted by molar-refractivity contribution is 0.0778. The summed E-state index contributed by atoms with van der Waals surface area (Å²) in [7, 11) is 0. The second-order valence-electron chi connectivity index (χ2n) is 5.22. The number of Topliss-reactive ketones (excluding diaryl/α,β-unsaturated/α-hetero) is 1. The Kier molecular flexibility index (Phi) is 2.70. The first kappa shape index (κ1) is 11.8. The summed E-state index contributed by atoms with van der Waals surface area (Å²) in [4.78, 5) is 15.2. The van der Waals surface area contributed by atoms with E-state index in [1.165, 1.54) is 4.91 Å². The molecule has 92 valence electrons. The zero-order valence-electron chi connectivity index (χ0n) is 10.6. The molecule has 0 fully saturated rings. The summed E-state index contributed by atoms with van der Waals surface area (Å²) in [6, 6.07) is 7.96. The van der Waals surface area contributed by atoms with E-state index in [0.29, 0.717) is 11.7 Å². The average molecular weight is 256 g/mol. The van der Waals surface area contributed by atoms with E-state index in [4.69, 9.17) is 0 Å². The Balaban J connectivity index is 2.22. The van der Waals surface area contributed by atoms with Crippen molar-refractivity contribution in [3.05, 3.63) is 53.0 Å². The molecular weight excluding hydrogens is 240 g/mol. The van der Waals surface area contributed by atoms with Gasteiger partial charge in [-0.15, -0.1) is 0 Å². The fourth-order valence-corrected chi connectivity index (χ4v) is 4.27. The van der Waals surface area contributed by atoms with Crippen molar-refractivity contribution in [2.45, 2.75) is 25.2 Å². The van der Waals surface area contributed by atoms with Gasteiger partial charge in [0, 0.05) is 15.4 Å². The average Bonchev–Trinajstić information content (AvgIpc) is 2.39. The minimum Gasteiger partial charge on any atom is -0.293 e. The zero-order chi connectivity index (χ0) is 12.8. The Bertz CT molecular complexity index is 568. The van der Waals surface area contributed by atoms with E-state index in [2.05, 4.69) is 32.1 Å². The van der Waals surface area contributed by atoms with Crippen molar-refractivity contribution in [3.63, 3.8) is 0 Å². The molecular formula is C16H16OS. The van der Waals surface area contributed by atoms with Crippen LogP contribution in [-0.2, 0) is 0 Å². The normalized spacial score (nSPS) is 25.7. The maximum absolute atomic E-state index is 12.9. The first-order valence-corrected chi connectivity index (χ1v) is 7.17. The van der Waals surface area contributed by atoms with Crippen LogP contribution in [0.1, 0.15) is 30.6 Å². The van der Waals surface area contributed by atoms with Gasteiger partial charge < -0.3 is 0 Å². The van der Waals surface area contributed by atoms with Crippen LogP contribution < -0.4 is 0 Å². The fraction of sp³-hybridized carbons (Fsp3) is 0.312. The zero-order valence-corrected chi connectivity index (χ0v) is 11.5. The quantitative estimate of drug-likeness (QED) is 0.738. The van der Waals surface area contributed by atoms with E-state index in [0.717, 1.165) is 16.9 Å². The molecule has 0 saturated heterocycles. The third kappa shape index (κ3) is 1.45. The Morgan fingerprint density at radius 2 is 2.06 bits per heavy atom. The van der Waals surface area contributed by atoms with Crippen molar-refractivity contribution < 1.29 is 4.79 Å². The van der Waals surface area contributed by atoms with Gasteiger partial charge in [0.05, 0.1) is 5.41 Å². The molecule has 0 amide bonds. The molecule has 3 rings (SSSR count). The topological polar surface area (TPSA) is 17.1 Å². The molecule has 18 heavy (non-hydrogen) atoms. The summed E-state index contributed by atoms with van der Waals surface area (Å²) in [5.41, 5.74) is 0.567. The van der Waals surface area contributed by atoms with Gasteiger partial charge in [-0.1, -0.05) is 62.0 Å². The van der Waals surface area contributed by atoms with Gasteiger partial charge in [-0.2, -0.15) is 0 Å². The first-order valence-electron chi connectivity index (χ1n) is 6.35. The number of fused-ring (bicyclic) bond motifs is 2. The van der Waals surface area contributed by atoms with Gasteiger partial charge in [0.15, 0.2) is 5.78 Å². The highest BCUT2D eigenvalue weighted by atomic mass is 32.2. The highest BCUT2D eigenvalue weighted by Gasteiger charge is 2.48. The third-order valence-corrected chi connectivity index (χ3v) is 5.30. The van der Waals surface area contributed by atoms with E-state index in [-0.39, 0.29) is 5.41 Å². The predicted octanol–water partition coefficient (Wildman–Crippen LogP) is 4.46. The molecule has 0 N–H and O–H groups in total. The summed E-state index contributed by atoms with van der Waals surface area (Å²) < 4.78 is 0. The van der Waals surface area contributed by atoms with E-state index < -0.39 is 0 Å². The van der Waals surface area contributed by atoms with Crippen molar-refractivity contribution >= 4 is 17.5 Å². The van der Waals surface area contributed by atoms with Gasteiger partial charge in [-0.05, 0) is 18.4 Å². The summed E-state index contributed by atoms with van der Waals surface area (Å²) >= 11 is 1.76. The molecule has 2 heteroatoms. The number of rotatable bonds is 1. The molecule has 2 aliphatic rings. The molecule has 1 unspecified atom stereocenters. The van der Waals surface area contributed by atoms with Gasteiger partial charge in [0.25, 0.3) is 0 Å². The Morgan fingerprint density at radius 3 is 2.83 bits per heavy atom. The third-order valence-electron chi connectivity index (χ3n) is 4.01. The smallest absolute Gasteiger partial charge is 0.175 e. The van der Waals surface area contributed by atoms with E-state index in [1.54, 1.807) is 11.8 Å². The molecule has 1 atom stereocenters. The lowest BCUT2D eigenvalue weighted by atomic mass is 9.67. The Labute approximate surface area is 112 Å². The van der Waals surface area contributed by atoms with Crippen molar-refractivity contribution in [1.82, 2.24) is 0 Å². The molecule has 0 radical (unpaired) electrons. The maximum atomic E-state index is 12.9. The SMILES string of the molecule is CC(C)C12CC=CC=C1Sc1ccccc1C2=O. The standard InChI is InChI=1S/C16H16OS/c1-11(2)16-10-6-5-9-14(16)18-13-8-4-3-7-12(13)15(16)17/h3-9,11H,10H2,1-2H3. The minimum atomic E-state index is -0.326. The van der Waals surface area contributed by atoms with Crippen LogP contribution in [0, 0.1) is 11.3 Å². The highest BCUT2D eigenvalue weighted by Crippen LogP contribution is 2.55. The van der Waals surface area contributed by atoms with Crippen LogP contribution in [0.25, 0.3) is 0 Å². The van der Waals surface area contributed by atoms with Crippen molar-refractivity contribution in [2.24, 2.45) is 11.3 Å². The van der Waals surface area contributed by atoms with Crippen molar-refractivity contribution in [2.75, 3.05) is 0 Å². The molecule has 1 aliphatic heterocycles. The number of thioether (sulfide) groups is 1. The van der Waals surface area contributed by atoms with Gasteiger partial charge >= 0.3 is 0 Å². The van der Waals surface area contributed by atoms with E-state index in [9.17, 15) is 4.79 Å². The number of hydrogen-bond donors (Lipinski definition) is 0. The maximum Gasteiger partial charge on any atom is 0.175 e. The fourth-order valence-electron chi connectivity index (χ4n) is 2.87. The molecule has 0 bridgehead atoms. The Hall–Kier alpha value is -1.28. The second kappa shape index (κ2) is 4.13. The summed E-state index contributed by atoms with van der Waals surface area (Å²) in [5.74, 6) is 0.615. The monoisotopic (exact) mass is 256 g/mol.